The lowest BCUT2D eigenvalue weighted by atomic mass is 10.2. The molecule has 8 nitrogen and oxygen atoms in total. The minimum Gasteiger partial charge on any atom is -0.461 e. The number of azide groups is 1. The first-order valence-corrected chi connectivity index (χ1v) is 6.54. The van der Waals surface area contributed by atoms with Crippen molar-refractivity contribution in [2.24, 2.45) is 5.11 Å². The third kappa shape index (κ3) is 6.40. The highest BCUT2D eigenvalue weighted by Crippen LogP contribution is 2.18. The largest absolute Gasteiger partial charge is 0.461 e. The number of hydrogen-bond acceptors (Lipinski definition) is 5. The average molecular weight is 292 g/mol. The van der Waals surface area contributed by atoms with Gasteiger partial charge in [-0.3, -0.25) is 14.9 Å². The first-order chi connectivity index (χ1) is 10.1. The molecule has 0 fully saturated rings. The van der Waals surface area contributed by atoms with Gasteiger partial charge in [-0.15, -0.1) is 0 Å². The van der Waals surface area contributed by atoms with Crippen LogP contribution >= 0.6 is 0 Å². The van der Waals surface area contributed by atoms with Crippen LogP contribution in [-0.4, -0.2) is 17.4 Å². The minimum absolute atomic E-state index is 0.0559. The summed E-state index contributed by atoms with van der Waals surface area (Å²) in [5.74, 6) is -0.392. The van der Waals surface area contributed by atoms with Gasteiger partial charge in [0.1, 0.15) is 6.61 Å². The molecule has 0 heterocycles. The molecule has 0 amide bonds. The lowest BCUT2D eigenvalue weighted by molar-refractivity contribution is -0.385. The van der Waals surface area contributed by atoms with E-state index in [4.69, 9.17) is 10.3 Å². The third-order valence-electron chi connectivity index (χ3n) is 2.78. The number of esters is 1. The molecule has 0 radical (unpaired) electrons. The third-order valence-corrected chi connectivity index (χ3v) is 2.78. The molecule has 1 rings (SSSR count). The molecule has 0 unspecified atom stereocenters. The zero-order valence-corrected chi connectivity index (χ0v) is 11.5. The molecule has 8 heteroatoms. The number of hydrogen-bond donors (Lipinski definition) is 0. The topological polar surface area (TPSA) is 118 Å². The molecule has 0 saturated heterocycles. The molecule has 0 aromatic heterocycles. The van der Waals surface area contributed by atoms with E-state index >= 15 is 0 Å². The number of para-hydroxylation sites is 1. The Bertz CT molecular complexity index is 541. The van der Waals surface area contributed by atoms with E-state index in [2.05, 4.69) is 10.0 Å². The van der Waals surface area contributed by atoms with Crippen LogP contribution in [0.3, 0.4) is 0 Å². The maximum absolute atomic E-state index is 11.5. The van der Waals surface area contributed by atoms with Gasteiger partial charge in [-0.05, 0) is 24.4 Å². The first kappa shape index (κ1) is 16.5. The van der Waals surface area contributed by atoms with E-state index in [9.17, 15) is 14.9 Å². The quantitative estimate of drug-likeness (QED) is 0.131. The van der Waals surface area contributed by atoms with Gasteiger partial charge in [0.25, 0.3) is 5.69 Å². The maximum atomic E-state index is 11.5. The number of carbonyl (C=O) groups is 1. The van der Waals surface area contributed by atoms with Crippen LogP contribution in [0.2, 0.25) is 0 Å². The van der Waals surface area contributed by atoms with Crippen molar-refractivity contribution in [3.05, 3.63) is 50.4 Å². The van der Waals surface area contributed by atoms with E-state index in [0.29, 0.717) is 18.5 Å². The Hall–Kier alpha value is -2.60. The Morgan fingerprint density at radius 3 is 2.81 bits per heavy atom. The second-order valence-corrected chi connectivity index (χ2v) is 4.31. The molecule has 0 bridgehead atoms. The maximum Gasteiger partial charge on any atom is 0.306 e. The molecule has 0 aliphatic heterocycles. The van der Waals surface area contributed by atoms with Crippen molar-refractivity contribution in [1.82, 2.24) is 0 Å². The molecule has 0 atom stereocenters. The van der Waals surface area contributed by atoms with Crippen molar-refractivity contribution in [3.63, 3.8) is 0 Å². The molecular weight excluding hydrogens is 276 g/mol. The second kappa shape index (κ2) is 9.33. The van der Waals surface area contributed by atoms with Crippen LogP contribution in [0, 0.1) is 10.1 Å². The average Bonchev–Trinajstić information content (AvgIpc) is 2.49. The van der Waals surface area contributed by atoms with E-state index in [0.717, 1.165) is 12.8 Å². The monoisotopic (exact) mass is 292 g/mol. The predicted molar refractivity (Wildman–Crippen MR) is 75.4 cm³/mol. The van der Waals surface area contributed by atoms with E-state index in [1.54, 1.807) is 18.2 Å². The molecule has 112 valence electrons. The molecular formula is C13H16N4O4. The van der Waals surface area contributed by atoms with Crippen LogP contribution in [0.4, 0.5) is 5.69 Å². The van der Waals surface area contributed by atoms with Crippen molar-refractivity contribution in [1.29, 1.82) is 0 Å². The van der Waals surface area contributed by atoms with Crippen LogP contribution in [0.5, 0.6) is 0 Å². The number of ether oxygens (including phenoxy) is 1. The van der Waals surface area contributed by atoms with E-state index < -0.39 is 10.9 Å². The smallest absolute Gasteiger partial charge is 0.306 e. The Morgan fingerprint density at radius 2 is 2.10 bits per heavy atom. The summed E-state index contributed by atoms with van der Waals surface area (Å²) in [5.41, 5.74) is 8.41. The number of benzene rings is 1. The molecule has 0 saturated carbocycles. The fourth-order valence-electron chi connectivity index (χ4n) is 1.71. The molecule has 21 heavy (non-hydrogen) atoms. The summed E-state index contributed by atoms with van der Waals surface area (Å²) in [7, 11) is 0. The standard InChI is InChI=1S/C13H16N4O4/c14-16-15-9-5-1-2-8-13(18)21-10-11-6-3-4-7-12(11)17(19)20/h3-4,6-7H,1-2,5,8-10H2. The van der Waals surface area contributed by atoms with E-state index in [1.165, 1.54) is 6.07 Å². The normalized spacial score (nSPS) is 9.71. The van der Waals surface area contributed by atoms with Crippen LogP contribution in [0.15, 0.2) is 29.4 Å². The Kier molecular flexibility index (Phi) is 7.31. The van der Waals surface area contributed by atoms with Gasteiger partial charge in [0, 0.05) is 23.9 Å². The number of nitro benzene ring substituents is 1. The number of nitro groups is 1. The summed E-state index contributed by atoms with van der Waals surface area (Å²) >= 11 is 0. The minimum atomic E-state index is -0.501. The first-order valence-electron chi connectivity index (χ1n) is 6.54. The van der Waals surface area contributed by atoms with Gasteiger partial charge in [-0.25, -0.2) is 0 Å². The number of rotatable bonds is 9. The fraction of sp³-hybridized carbons (Fsp3) is 0.462. The SMILES string of the molecule is [N-]=[N+]=NCCCCCC(=O)OCc1ccccc1[N+](=O)[O-]. The van der Waals surface area contributed by atoms with Gasteiger partial charge >= 0.3 is 5.97 Å². The van der Waals surface area contributed by atoms with Crippen molar-refractivity contribution < 1.29 is 14.5 Å². The fourth-order valence-corrected chi connectivity index (χ4v) is 1.71. The molecule has 0 N–H and O–H groups in total. The van der Waals surface area contributed by atoms with Gasteiger partial charge < -0.3 is 4.74 Å². The summed E-state index contributed by atoms with van der Waals surface area (Å²) in [6.07, 6.45) is 2.37. The molecule has 0 aliphatic carbocycles. The highest BCUT2D eigenvalue weighted by atomic mass is 16.6. The molecule has 1 aromatic carbocycles. The van der Waals surface area contributed by atoms with Gasteiger partial charge in [0.15, 0.2) is 0 Å². The summed E-state index contributed by atoms with van der Waals surface area (Å²) in [6.45, 7) is 0.316. The highest BCUT2D eigenvalue weighted by Gasteiger charge is 2.13. The van der Waals surface area contributed by atoms with E-state index in [-0.39, 0.29) is 18.7 Å². The van der Waals surface area contributed by atoms with Crippen molar-refractivity contribution >= 4 is 11.7 Å². The predicted octanol–water partition coefficient (Wildman–Crippen LogP) is 3.51. The number of unbranched alkanes of at least 4 members (excludes halogenated alkanes) is 2. The zero-order valence-electron chi connectivity index (χ0n) is 11.5. The van der Waals surface area contributed by atoms with Crippen molar-refractivity contribution in [2.75, 3.05) is 6.54 Å². The zero-order chi connectivity index (χ0) is 15.5. The molecule has 0 spiro atoms. The molecule has 1 aromatic rings. The Morgan fingerprint density at radius 1 is 1.33 bits per heavy atom. The lowest BCUT2D eigenvalue weighted by Crippen LogP contribution is -2.06. The Labute approximate surface area is 121 Å². The van der Waals surface area contributed by atoms with Gasteiger partial charge in [0.2, 0.25) is 0 Å². The highest BCUT2D eigenvalue weighted by molar-refractivity contribution is 5.69. The number of nitrogens with zero attached hydrogens (tertiary/aromatic N) is 4. The van der Waals surface area contributed by atoms with Gasteiger partial charge in [-0.1, -0.05) is 23.7 Å². The Balaban J connectivity index is 2.30. The van der Waals surface area contributed by atoms with Gasteiger partial charge in [-0.2, -0.15) is 0 Å². The van der Waals surface area contributed by atoms with Crippen LogP contribution in [0.1, 0.15) is 31.2 Å². The van der Waals surface area contributed by atoms with Crippen molar-refractivity contribution in [3.8, 4) is 0 Å². The number of carbonyl (C=O) groups excluding carboxylic acids is 1. The van der Waals surface area contributed by atoms with Gasteiger partial charge in [0.05, 0.1) is 10.5 Å². The van der Waals surface area contributed by atoms with Crippen molar-refractivity contribution in [2.45, 2.75) is 32.3 Å². The van der Waals surface area contributed by atoms with E-state index in [1.807, 2.05) is 0 Å². The van der Waals surface area contributed by atoms with Crippen LogP contribution in [0.25, 0.3) is 10.4 Å². The lowest BCUT2D eigenvalue weighted by Gasteiger charge is -2.05. The molecule has 0 aliphatic rings. The van der Waals surface area contributed by atoms with Crippen LogP contribution in [-0.2, 0) is 16.1 Å². The van der Waals surface area contributed by atoms with Crippen LogP contribution < -0.4 is 0 Å². The summed E-state index contributed by atoms with van der Waals surface area (Å²) < 4.78 is 5.02. The summed E-state index contributed by atoms with van der Waals surface area (Å²) in [4.78, 5) is 24.4. The summed E-state index contributed by atoms with van der Waals surface area (Å²) in [6, 6.07) is 6.16. The second-order valence-electron chi connectivity index (χ2n) is 4.31. The summed E-state index contributed by atoms with van der Waals surface area (Å²) in [5, 5.41) is 14.2.